The Balaban J connectivity index is 2.46. The Morgan fingerprint density at radius 3 is 2.28 bits per heavy atom. The summed E-state index contributed by atoms with van der Waals surface area (Å²) in [6.45, 7) is 11.6. The van der Waals surface area contributed by atoms with E-state index in [1.165, 1.54) is 0 Å². The van der Waals surface area contributed by atoms with Crippen LogP contribution in [-0.2, 0) is 16.0 Å². The SMILES string of the molecule is CCCNC(=O)CN=C(NCC)NCCc1ccc(NC(=O)OC(C)(C)C)cc1. The number of ether oxygens (including phenoxy) is 1. The van der Waals surface area contributed by atoms with Gasteiger partial charge in [0.1, 0.15) is 12.1 Å². The number of nitrogens with zero attached hydrogens (tertiary/aromatic N) is 1. The van der Waals surface area contributed by atoms with Gasteiger partial charge in [0.05, 0.1) is 0 Å². The minimum absolute atomic E-state index is 0.0860. The Labute approximate surface area is 173 Å². The first-order valence-corrected chi connectivity index (χ1v) is 10.1. The van der Waals surface area contributed by atoms with Gasteiger partial charge >= 0.3 is 6.09 Å². The minimum atomic E-state index is -0.530. The molecule has 0 fully saturated rings. The second-order valence-electron chi connectivity index (χ2n) is 7.55. The second-order valence-corrected chi connectivity index (χ2v) is 7.55. The van der Waals surface area contributed by atoms with E-state index in [1.807, 2.05) is 58.9 Å². The van der Waals surface area contributed by atoms with E-state index in [9.17, 15) is 9.59 Å². The van der Waals surface area contributed by atoms with Crippen molar-refractivity contribution in [2.75, 3.05) is 31.5 Å². The largest absolute Gasteiger partial charge is 0.444 e. The lowest BCUT2D eigenvalue weighted by Gasteiger charge is -2.19. The molecule has 0 saturated heterocycles. The molecule has 0 heterocycles. The molecule has 0 saturated carbocycles. The first-order valence-electron chi connectivity index (χ1n) is 10.1. The Bertz CT molecular complexity index is 666. The molecule has 4 N–H and O–H groups in total. The lowest BCUT2D eigenvalue weighted by molar-refractivity contribution is -0.119. The van der Waals surface area contributed by atoms with Crippen molar-refractivity contribution in [2.45, 2.75) is 53.1 Å². The van der Waals surface area contributed by atoms with Crippen molar-refractivity contribution in [1.29, 1.82) is 0 Å². The van der Waals surface area contributed by atoms with Crippen LogP contribution in [0.3, 0.4) is 0 Å². The van der Waals surface area contributed by atoms with Crippen LogP contribution in [0.2, 0.25) is 0 Å². The van der Waals surface area contributed by atoms with Crippen LogP contribution in [0, 0.1) is 0 Å². The zero-order valence-electron chi connectivity index (χ0n) is 18.2. The highest BCUT2D eigenvalue weighted by Gasteiger charge is 2.16. The summed E-state index contributed by atoms with van der Waals surface area (Å²) in [4.78, 5) is 27.8. The number of carbonyl (C=O) groups excluding carboxylic acids is 2. The average Bonchev–Trinajstić information content (AvgIpc) is 2.64. The van der Waals surface area contributed by atoms with Crippen LogP contribution in [0.15, 0.2) is 29.3 Å². The third kappa shape index (κ3) is 11.6. The van der Waals surface area contributed by atoms with E-state index in [2.05, 4.69) is 26.3 Å². The lowest BCUT2D eigenvalue weighted by atomic mass is 10.1. The van der Waals surface area contributed by atoms with Gasteiger partial charge in [-0.1, -0.05) is 19.1 Å². The number of nitrogens with one attached hydrogen (secondary N) is 4. The van der Waals surface area contributed by atoms with E-state index in [0.717, 1.165) is 18.4 Å². The number of hydrogen-bond acceptors (Lipinski definition) is 4. The quantitative estimate of drug-likeness (QED) is 0.374. The molecular formula is C21H35N5O3. The number of benzene rings is 1. The van der Waals surface area contributed by atoms with Crippen molar-refractivity contribution in [3.05, 3.63) is 29.8 Å². The Morgan fingerprint density at radius 2 is 1.69 bits per heavy atom. The standard InChI is InChI=1S/C21H35N5O3/c1-6-13-23-18(27)15-25-19(22-7-2)24-14-12-16-8-10-17(11-9-16)26-20(28)29-21(3,4)5/h8-11H,6-7,12-15H2,1-5H3,(H,23,27)(H,26,28)(H2,22,24,25). The predicted octanol–water partition coefficient (Wildman–Crippen LogP) is 2.66. The number of guanidine groups is 1. The zero-order chi connectivity index (χ0) is 21.7. The zero-order valence-corrected chi connectivity index (χ0v) is 18.2. The number of aliphatic imine (C=N–C) groups is 1. The molecule has 0 spiro atoms. The molecule has 2 amide bonds. The Kier molecular flexibility index (Phi) is 10.6. The molecule has 0 aliphatic carbocycles. The van der Waals surface area contributed by atoms with Crippen LogP contribution in [0.4, 0.5) is 10.5 Å². The van der Waals surface area contributed by atoms with E-state index in [-0.39, 0.29) is 12.5 Å². The van der Waals surface area contributed by atoms with Crippen molar-refractivity contribution in [3.63, 3.8) is 0 Å². The van der Waals surface area contributed by atoms with Crippen molar-refractivity contribution >= 4 is 23.6 Å². The molecule has 0 aliphatic rings. The molecule has 0 bridgehead atoms. The molecular weight excluding hydrogens is 370 g/mol. The highest BCUT2D eigenvalue weighted by molar-refractivity contribution is 5.85. The highest BCUT2D eigenvalue weighted by atomic mass is 16.6. The molecule has 1 rings (SSSR count). The van der Waals surface area contributed by atoms with E-state index < -0.39 is 11.7 Å². The molecule has 8 heteroatoms. The maximum absolute atomic E-state index is 11.8. The van der Waals surface area contributed by atoms with Gasteiger partial charge in [-0.15, -0.1) is 0 Å². The first kappa shape index (κ1) is 24.3. The van der Waals surface area contributed by atoms with Crippen LogP contribution in [0.25, 0.3) is 0 Å². The van der Waals surface area contributed by atoms with E-state index in [1.54, 1.807) is 0 Å². The summed E-state index contributed by atoms with van der Waals surface area (Å²) in [5.41, 5.74) is 1.27. The molecule has 1 aromatic rings. The van der Waals surface area contributed by atoms with Gasteiger partial charge in [-0.05, 0) is 58.2 Å². The van der Waals surface area contributed by atoms with Gasteiger partial charge < -0.3 is 20.7 Å². The summed E-state index contributed by atoms with van der Waals surface area (Å²) in [6.07, 6.45) is 1.21. The molecule has 0 unspecified atom stereocenters. The number of hydrogen-bond donors (Lipinski definition) is 4. The Hall–Kier alpha value is -2.77. The molecule has 0 radical (unpaired) electrons. The van der Waals surface area contributed by atoms with Gasteiger partial charge in [0.2, 0.25) is 5.91 Å². The lowest BCUT2D eigenvalue weighted by Crippen LogP contribution is -2.39. The van der Waals surface area contributed by atoms with Crippen LogP contribution >= 0.6 is 0 Å². The van der Waals surface area contributed by atoms with Gasteiger partial charge in [-0.25, -0.2) is 9.79 Å². The van der Waals surface area contributed by atoms with Gasteiger partial charge in [-0.3, -0.25) is 10.1 Å². The summed E-state index contributed by atoms with van der Waals surface area (Å²) in [5, 5.41) is 11.9. The second kappa shape index (κ2) is 12.6. The summed E-state index contributed by atoms with van der Waals surface area (Å²) < 4.78 is 5.24. The maximum Gasteiger partial charge on any atom is 0.412 e. The van der Waals surface area contributed by atoms with Gasteiger partial charge in [-0.2, -0.15) is 0 Å². The van der Waals surface area contributed by atoms with E-state index >= 15 is 0 Å². The monoisotopic (exact) mass is 405 g/mol. The fraction of sp³-hybridized carbons (Fsp3) is 0.571. The molecule has 29 heavy (non-hydrogen) atoms. The highest BCUT2D eigenvalue weighted by Crippen LogP contribution is 2.13. The summed E-state index contributed by atoms with van der Waals surface area (Å²) in [7, 11) is 0. The van der Waals surface area contributed by atoms with Crippen molar-refractivity contribution < 1.29 is 14.3 Å². The molecule has 1 aromatic carbocycles. The topological polar surface area (TPSA) is 104 Å². The van der Waals surface area contributed by atoms with Crippen LogP contribution < -0.4 is 21.3 Å². The predicted molar refractivity (Wildman–Crippen MR) is 117 cm³/mol. The molecule has 8 nitrogen and oxygen atoms in total. The molecule has 162 valence electrons. The minimum Gasteiger partial charge on any atom is -0.444 e. The van der Waals surface area contributed by atoms with Crippen LogP contribution in [-0.4, -0.2) is 49.7 Å². The van der Waals surface area contributed by atoms with Crippen LogP contribution in [0.5, 0.6) is 0 Å². The van der Waals surface area contributed by atoms with Crippen molar-refractivity contribution in [1.82, 2.24) is 16.0 Å². The fourth-order valence-electron chi connectivity index (χ4n) is 2.31. The van der Waals surface area contributed by atoms with Crippen molar-refractivity contribution in [2.24, 2.45) is 4.99 Å². The van der Waals surface area contributed by atoms with E-state index in [0.29, 0.717) is 31.3 Å². The van der Waals surface area contributed by atoms with Crippen molar-refractivity contribution in [3.8, 4) is 0 Å². The van der Waals surface area contributed by atoms with Gasteiger partial charge in [0.15, 0.2) is 5.96 Å². The molecule has 0 atom stereocenters. The van der Waals surface area contributed by atoms with Gasteiger partial charge in [0, 0.05) is 25.3 Å². The molecule has 0 aliphatic heterocycles. The summed E-state index contributed by atoms with van der Waals surface area (Å²) >= 11 is 0. The third-order valence-electron chi connectivity index (χ3n) is 3.60. The fourth-order valence-corrected chi connectivity index (χ4v) is 2.31. The first-order chi connectivity index (χ1) is 13.7. The average molecular weight is 406 g/mol. The number of rotatable bonds is 9. The Morgan fingerprint density at radius 1 is 1.00 bits per heavy atom. The third-order valence-corrected chi connectivity index (χ3v) is 3.60. The number of amides is 2. The normalized spacial score (nSPS) is 11.6. The smallest absolute Gasteiger partial charge is 0.412 e. The number of carbonyl (C=O) groups is 2. The van der Waals surface area contributed by atoms with Crippen LogP contribution in [0.1, 0.15) is 46.6 Å². The summed E-state index contributed by atoms with van der Waals surface area (Å²) in [5.74, 6) is 0.527. The number of anilines is 1. The molecule has 0 aromatic heterocycles. The maximum atomic E-state index is 11.8. The van der Waals surface area contributed by atoms with E-state index in [4.69, 9.17) is 4.74 Å². The summed E-state index contributed by atoms with van der Waals surface area (Å²) in [6, 6.07) is 7.60. The van der Waals surface area contributed by atoms with Gasteiger partial charge in [0.25, 0.3) is 0 Å².